The summed E-state index contributed by atoms with van der Waals surface area (Å²) < 4.78 is 2.87. The van der Waals surface area contributed by atoms with Gasteiger partial charge in [0.25, 0.3) is 5.91 Å². The molecule has 1 aliphatic rings. The first-order valence-electron chi connectivity index (χ1n) is 7.11. The van der Waals surface area contributed by atoms with Gasteiger partial charge in [0.05, 0.1) is 18.4 Å². The molecule has 1 aromatic carbocycles. The van der Waals surface area contributed by atoms with Gasteiger partial charge in [-0.05, 0) is 30.7 Å². The molecule has 1 amide bonds. The molecule has 0 fully saturated rings. The van der Waals surface area contributed by atoms with E-state index in [0.29, 0.717) is 18.8 Å². The van der Waals surface area contributed by atoms with Gasteiger partial charge in [0.15, 0.2) is 0 Å². The van der Waals surface area contributed by atoms with Gasteiger partial charge in [0.1, 0.15) is 5.69 Å². The van der Waals surface area contributed by atoms with E-state index in [2.05, 4.69) is 26.0 Å². The number of hydrogen-bond donors (Lipinski definition) is 1. The molecule has 1 N–H and O–H groups in total. The molecule has 4 rings (SSSR count). The molecule has 0 unspecified atom stereocenters. The SMILES string of the molecule is Cc1cc(Br)cc2cc(C(=O)N3Cc4cnn(C)c4C3)[nH]c12. The molecule has 0 saturated carbocycles. The number of hydrogen-bond acceptors (Lipinski definition) is 2. The number of carbonyl (C=O) groups excluding carboxylic acids is 1. The molecule has 0 aliphatic carbocycles. The van der Waals surface area contributed by atoms with Crippen LogP contribution < -0.4 is 0 Å². The summed E-state index contributed by atoms with van der Waals surface area (Å²) in [6.07, 6.45) is 1.84. The minimum Gasteiger partial charge on any atom is -0.350 e. The molecular weight excluding hydrogens is 344 g/mol. The number of nitrogens with one attached hydrogen (secondary N) is 1. The minimum absolute atomic E-state index is 0.0305. The van der Waals surface area contributed by atoms with E-state index in [1.54, 1.807) is 0 Å². The molecule has 3 aromatic rings. The van der Waals surface area contributed by atoms with Crippen LogP contribution in [0.1, 0.15) is 27.3 Å². The Morgan fingerprint density at radius 3 is 2.91 bits per heavy atom. The first-order chi connectivity index (χ1) is 10.5. The smallest absolute Gasteiger partial charge is 0.270 e. The number of aromatic nitrogens is 3. The Labute approximate surface area is 136 Å². The minimum atomic E-state index is 0.0305. The molecule has 3 heterocycles. The van der Waals surface area contributed by atoms with Gasteiger partial charge in [-0.2, -0.15) is 5.10 Å². The van der Waals surface area contributed by atoms with Crippen LogP contribution in [0.2, 0.25) is 0 Å². The highest BCUT2D eigenvalue weighted by molar-refractivity contribution is 9.10. The average Bonchev–Trinajstić information content (AvgIpc) is 3.14. The van der Waals surface area contributed by atoms with Crippen molar-refractivity contribution >= 4 is 32.7 Å². The zero-order valence-corrected chi connectivity index (χ0v) is 13.9. The van der Waals surface area contributed by atoms with Crippen LogP contribution >= 0.6 is 15.9 Å². The van der Waals surface area contributed by atoms with Gasteiger partial charge < -0.3 is 9.88 Å². The Hall–Kier alpha value is -2.08. The number of aromatic amines is 1. The van der Waals surface area contributed by atoms with E-state index >= 15 is 0 Å². The largest absolute Gasteiger partial charge is 0.350 e. The second-order valence-corrected chi connectivity index (χ2v) is 6.69. The van der Waals surface area contributed by atoms with Crippen molar-refractivity contribution in [2.75, 3.05) is 0 Å². The van der Waals surface area contributed by atoms with Crippen molar-refractivity contribution in [2.24, 2.45) is 7.05 Å². The quantitative estimate of drug-likeness (QED) is 0.726. The third-order valence-electron chi connectivity index (χ3n) is 4.26. The summed E-state index contributed by atoms with van der Waals surface area (Å²) in [6, 6.07) is 6.00. The average molecular weight is 359 g/mol. The van der Waals surface area contributed by atoms with Crippen molar-refractivity contribution in [3.8, 4) is 0 Å². The lowest BCUT2D eigenvalue weighted by Gasteiger charge is -2.14. The molecule has 0 saturated heterocycles. The maximum Gasteiger partial charge on any atom is 0.270 e. The number of carbonyl (C=O) groups is 1. The fourth-order valence-corrected chi connectivity index (χ4v) is 3.69. The number of rotatable bonds is 1. The lowest BCUT2D eigenvalue weighted by Crippen LogP contribution is -2.26. The summed E-state index contributed by atoms with van der Waals surface area (Å²) in [5.74, 6) is 0.0305. The number of amides is 1. The van der Waals surface area contributed by atoms with Crippen molar-refractivity contribution in [1.29, 1.82) is 0 Å². The second kappa shape index (κ2) is 4.71. The molecular formula is C16H15BrN4O. The van der Waals surface area contributed by atoms with Crippen molar-refractivity contribution in [1.82, 2.24) is 19.7 Å². The molecule has 112 valence electrons. The highest BCUT2D eigenvalue weighted by atomic mass is 79.9. The number of aryl methyl sites for hydroxylation is 2. The number of H-pyrrole nitrogens is 1. The van der Waals surface area contributed by atoms with Gasteiger partial charge >= 0.3 is 0 Å². The number of halogens is 1. The van der Waals surface area contributed by atoms with E-state index in [9.17, 15) is 4.79 Å². The maximum atomic E-state index is 12.7. The van der Waals surface area contributed by atoms with Crippen LogP contribution in [-0.2, 0) is 20.1 Å². The van der Waals surface area contributed by atoms with Gasteiger partial charge in [-0.3, -0.25) is 9.48 Å². The van der Waals surface area contributed by atoms with Gasteiger partial charge in [-0.1, -0.05) is 15.9 Å². The Kier molecular flexibility index (Phi) is 2.91. The molecule has 22 heavy (non-hydrogen) atoms. The molecule has 1 aliphatic heterocycles. The van der Waals surface area contributed by atoms with E-state index in [1.165, 1.54) is 0 Å². The Morgan fingerprint density at radius 1 is 1.32 bits per heavy atom. The zero-order chi connectivity index (χ0) is 15.4. The van der Waals surface area contributed by atoms with Crippen LogP contribution in [0.15, 0.2) is 28.9 Å². The summed E-state index contributed by atoms with van der Waals surface area (Å²) >= 11 is 3.50. The van der Waals surface area contributed by atoms with Crippen LogP contribution in [0, 0.1) is 6.92 Å². The fraction of sp³-hybridized carbons (Fsp3) is 0.250. The molecule has 5 nitrogen and oxygen atoms in total. The normalized spacial score (nSPS) is 13.9. The van der Waals surface area contributed by atoms with E-state index in [1.807, 2.05) is 47.9 Å². The van der Waals surface area contributed by atoms with Crippen molar-refractivity contribution in [3.05, 3.63) is 51.4 Å². The lowest BCUT2D eigenvalue weighted by atomic mass is 10.2. The van der Waals surface area contributed by atoms with Gasteiger partial charge in [0, 0.05) is 34.5 Å². The van der Waals surface area contributed by atoms with Gasteiger partial charge in [0.2, 0.25) is 0 Å². The molecule has 6 heteroatoms. The van der Waals surface area contributed by atoms with Crippen LogP contribution in [-0.4, -0.2) is 25.6 Å². The van der Waals surface area contributed by atoms with Gasteiger partial charge in [-0.15, -0.1) is 0 Å². The number of nitrogens with zero attached hydrogens (tertiary/aromatic N) is 3. The number of fused-ring (bicyclic) bond motifs is 2. The Morgan fingerprint density at radius 2 is 2.14 bits per heavy atom. The van der Waals surface area contributed by atoms with Crippen molar-refractivity contribution in [2.45, 2.75) is 20.0 Å². The predicted octanol–water partition coefficient (Wildman–Crippen LogP) is 3.13. The topological polar surface area (TPSA) is 53.9 Å². The monoisotopic (exact) mass is 358 g/mol. The third-order valence-corrected chi connectivity index (χ3v) is 4.72. The van der Waals surface area contributed by atoms with Gasteiger partial charge in [-0.25, -0.2) is 0 Å². The van der Waals surface area contributed by atoms with E-state index in [4.69, 9.17) is 0 Å². The summed E-state index contributed by atoms with van der Waals surface area (Å²) in [5, 5.41) is 5.28. The molecule has 0 spiro atoms. The van der Waals surface area contributed by atoms with E-state index in [0.717, 1.165) is 32.2 Å². The van der Waals surface area contributed by atoms with Crippen LogP contribution in [0.4, 0.5) is 0 Å². The highest BCUT2D eigenvalue weighted by Crippen LogP contribution is 2.27. The maximum absolute atomic E-state index is 12.7. The molecule has 2 aromatic heterocycles. The van der Waals surface area contributed by atoms with E-state index < -0.39 is 0 Å². The first kappa shape index (κ1) is 13.6. The summed E-state index contributed by atoms with van der Waals surface area (Å²) in [4.78, 5) is 17.9. The molecule has 0 bridgehead atoms. The fourth-order valence-electron chi connectivity index (χ4n) is 3.10. The lowest BCUT2D eigenvalue weighted by molar-refractivity contribution is 0.0743. The van der Waals surface area contributed by atoms with Crippen LogP contribution in [0.5, 0.6) is 0 Å². The van der Waals surface area contributed by atoms with Crippen molar-refractivity contribution in [3.63, 3.8) is 0 Å². The second-order valence-electron chi connectivity index (χ2n) is 5.77. The summed E-state index contributed by atoms with van der Waals surface area (Å²) in [5.41, 5.74) is 5.02. The van der Waals surface area contributed by atoms with Crippen LogP contribution in [0.3, 0.4) is 0 Å². The molecule has 0 radical (unpaired) electrons. The summed E-state index contributed by atoms with van der Waals surface area (Å²) in [6.45, 7) is 3.28. The first-order valence-corrected chi connectivity index (χ1v) is 7.90. The zero-order valence-electron chi connectivity index (χ0n) is 12.4. The predicted molar refractivity (Wildman–Crippen MR) is 87.5 cm³/mol. The number of benzene rings is 1. The summed E-state index contributed by atoms with van der Waals surface area (Å²) in [7, 11) is 1.91. The molecule has 0 atom stereocenters. The van der Waals surface area contributed by atoms with Crippen molar-refractivity contribution < 1.29 is 4.79 Å². The van der Waals surface area contributed by atoms with Crippen LogP contribution in [0.25, 0.3) is 10.9 Å². The third kappa shape index (κ3) is 1.98. The Balaban J connectivity index is 1.68. The van der Waals surface area contributed by atoms with E-state index in [-0.39, 0.29) is 5.91 Å². The Bertz CT molecular complexity index is 908. The standard InChI is InChI=1S/C16H15BrN4O/c1-9-3-12(17)4-10-5-13(19-15(9)10)16(22)21-7-11-6-18-20(2)14(11)8-21/h3-6,19H,7-8H2,1-2H3. The highest BCUT2D eigenvalue weighted by Gasteiger charge is 2.27.